The van der Waals surface area contributed by atoms with E-state index in [1.54, 1.807) is 0 Å². The number of benzene rings is 1. The average Bonchev–Trinajstić information content (AvgIpc) is 2.08. The van der Waals surface area contributed by atoms with Crippen LogP contribution in [0.2, 0.25) is 6.04 Å². The van der Waals surface area contributed by atoms with Crippen molar-refractivity contribution in [3.8, 4) is 0 Å². The second-order valence-electron chi connectivity index (χ2n) is 3.80. The van der Waals surface area contributed by atoms with Crippen molar-refractivity contribution in [2.75, 3.05) is 0 Å². The van der Waals surface area contributed by atoms with Crippen molar-refractivity contribution < 1.29 is 0 Å². The van der Waals surface area contributed by atoms with Gasteiger partial charge in [-0.25, -0.2) is 0 Å². The van der Waals surface area contributed by atoms with Crippen LogP contribution in [0.15, 0.2) is 18.2 Å². The Balaban J connectivity index is 2.88. The van der Waals surface area contributed by atoms with Gasteiger partial charge in [-0.15, -0.1) is 22.2 Å². The number of halogens is 2. The van der Waals surface area contributed by atoms with Crippen molar-refractivity contribution in [2.24, 2.45) is 0 Å². The molecule has 0 fully saturated rings. The summed E-state index contributed by atoms with van der Waals surface area (Å²) in [4.78, 5) is 0. The van der Waals surface area contributed by atoms with E-state index in [1.807, 2.05) is 0 Å². The molecule has 14 heavy (non-hydrogen) atoms. The zero-order valence-corrected chi connectivity index (χ0v) is 11.3. The molecule has 0 N–H and O–H groups in total. The first-order valence-electron chi connectivity index (χ1n) is 4.74. The molecule has 0 heterocycles. The predicted molar refractivity (Wildman–Crippen MR) is 66.6 cm³/mol. The van der Waals surface area contributed by atoms with Crippen molar-refractivity contribution in [3.05, 3.63) is 34.9 Å². The summed E-state index contributed by atoms with van der Waals surface area (Å²) in [5.41, 5.74) is 4.02. The van der Waals surface area contributed by atoms with Crippen molar-refractivity contribution in [2.45, 2.75) is 32.7 Å². The fraction of sp³-hybridized carbons (Fsp3) is 0.455. The molecule has 0 saturated carbocycles. The predicted octanol–water partition coefficient (Wildman–Crippen LogP) is 4.37. The molecule has 1 rings (SSSR count). The fourth-order valence-corrected chi connectivity index (χ4v) is 3.70. The molecule has 1 atom stereocenters. The number of hydrogen-bond acceptors (Lipinski definition) is 0. The van der Waals surface area contributed by atoms with E-state index in [0.717, 1.165) is 6.04 Å². The van der Waals surface area contributed by atoms with Gasteiger partial charge in [0.05, 0.1) is 0 Å². The van der Waals surface area contributed by atoms with Crippen molar-refractivity contribution >= 4 is 29.6 Å². The van der Waals surface area contributed by atoms with Gasteiger partial charge in [0.15, 0.2) is 0 Å². The summed E-state index contributed by atoms with van der Waals surface area (Å²) in [5, 5.41) is 0. The Morgan fingerprint density at radius 1 is 1.29 bits per heavy atom. The van der Waals surface area contributed by atoms with Crippen LogP contribution >= 0.6 is 22.2 Å². The van der Waals surface area contributed by atoms with Crippen LogP contribution in [0.4, 0.5) is 0 Å². The highest BCUT2D eigenvalue weighted by molar-refractivity contribution is 7.33. The lowest BCUT2D eigenvalue weighted by atomic mass is 9.96. The number of aryl methyl sites for hydroxylation is 2. The molecule has 77 valence electrons. The molecule has 0 amide bonds. The molecule has 0 saturated heterocycles. The van der Waals surface area contributed by atoms with E-state index in [2.05, 4.69) is 39.0 Å². The first kappa shape index (κ1) is 12.1. The van der Waals surface area contributed by atoms with Gasteiger partial charge in [0.1, 0.15) is 0 Å². The van der Waals surface area contributed by atoms with Crippen LogP contribution in [-0.4, -0.2) is 7.42 Å². The minimum Gasteiger partial charge on any atom is -0.147 e. The molecule has 0 spiro atoms. The van der Waals surface area contributed by atoms with Crippen molar-refractivity contribution in [3.63, 3.8) is 0 Å². The quantitative estimate of drug-likeness (QED) is 0.548. The molecule has 3 heteroatoms. The van der Waals surface area contributed by atoms with Gasteiger partial charge in [0, 0.05) is 0 Å². The molecule has 1 aromatic rings. The Labute approximate surface area is 97.3 Å². The van der Waals surface area contributed by atoms with Gasteiger partial charge in [-0.05, 0) is 36.9 Å². The highest BCUT2D eigenvalue weighted by Crippen LogP contribution is 2.27. The molecule has 0 aromatic heterocycles. The maximum absolute atomic E-state index is 5.88. The molecule has 0 aliphatic heterocycles. The SMILES string of the molecule is Cc1ccc(C)c(C(C)C[Si](Cl)Cl)c1. The Hall–Kier alpha value is 0.0169. The summed E-state index contributed by atoms with van der Waals surface area (Å²) in [5.74, 6) is 0.471. The monoisotopic (exact) mass is 245 g/mol. The summed E-state index contributed by atoms with van der Waals surface area (Å²) in [6.07, 6.45) is 0. The highest BCUT2D eigenvalue weighted by Gasteiger charge is 2.14. The molecule has 0 aliphatic rings. The minimum absolute atomic E-state index is 0.471. The zero-order valence-electron chi connectivity index (χ0n) is 8.77. The van der Waals surface area contributed by atoms with E-state index < -0.39 is 7.42 Å². The van der Waals surface area contributed by atoms with Gasteiger partial charge in [-0.2, -0.15) is 0 Å². The van der Waals surface area contributed by atoms with Crippen LogP contribution in [0.3, 0.4) is 0 Å². The van der Waals surface area contributed by atoms with Gasteiger partial charge in [0.2, 0.25) is 0 Å². The Kier molecular flexibility index (Phi) is 4.49. The van der Waals surface area contributed by atoms with Crippen LogP contribution in [0, 0.1) is 13.8 Å². The summed E-state index contributed by atoms with van der Waals surface area (Å²) >= 11 is 11.8. The van der Waals surface area contributed by atoms with Gasteiger partial charge in [-0.3, -0.25) is 0 Å². The maximum atomic E-state index is 5.88. The zero-order chi connectivity index (χ0) is 10.7. The van der Waals surface area contributed by atoms with Crippen LogP contribution in [-0.2, 0) is 0 Å². The second-order valence-corrected chi connectivity index (χ2v) is 8.21. The number of hydrogen-bond donors (Lipinski definition) is 0. The lowest BCUT2D eigenvalue weighted by Gasteiger charge is -2.14. The molecular formula is C11H15Cl2Si. The molecule has 0 bridgehead atoms. The summed E-state index contributed by atoms with van der Waals surface area (Å²) in [6, 6.07) is 7.45. The number of rotatable bonds is 3. The Bertz CT molecular complexity index is 310. The lowest BCUT2D eigenvalue weighted by Crippen LogP contribution is -2.03. The first-order valence-corrected chi connectivity index (χ1v) is 8.47. The van der Waals surface area contributed by atoms with E-state index in [9.17, 15) is 0 Å². The van der Waals surface area contributed by atoms with Crippen LogP contribution < -0.4 is 0 Å². The second kappa shape index (κ2) is 5.20. The Morgan fingerprint density at radius 2 is 1.93 bits per heavy atom. The van der Waals surface area contributed by atoms with Crippen molar-refractivity contribution in [1.29, 1.82) is 0 Å². The summed E-state index contributed by atoms with van der Waals surface area (Å²) in [7, 11) is -1.17. The molecule has 1 radical (unpaired) electrons. The van der Waals surface area contributed by atoms with E-state index >= 15 is 0 Å². The van der Waals surface area contributed by atoms with Crippen LogP contribution in [0.25, 0.3) is 0 Å². The lowest BCUT2D eigenvalue weighted by molar-refractivity contribution is 0.849. The molecule has 1 unspecified atom stereocenters. The molecular weight excluding hydrogens is 231 g/mol. The summed E-state index contributed by atoms with van der Waals surface area (Å²) in [6.45, 7) is 6.44. The van der Waals surface area contributed by atoms with E-state index in [4.69, 9.17) is 22.2 Å². The van der Waals surface area contributed by atoms with Gasteiger partial charge in [-0.1, -0.05) is 30.7 Å². The minimum atomic E-state index is -1.17. The Morgan fingerprint density at radius 3 is 2.50 bits per heavy atom. The third-order valence-corrected chi connectivity index (χ3v) is 4.27. The summed E-state index contributed by atoms with van der Waals surface area (Å²) < 4.78 is 0. The molecule has 0 nitrogen and oxygen atoms in total. The van der Waals surface area contributed by atoms with E-state index in [1.165, 1.54) is 16.7 Å². The van der Waals surface area contributed by atoms with Gasteiger partial charge >= 0.3 is 0 Å². The highest BCUT2D eigenvalue weighted by atomic mass is 35.7. The topological polar surface area (TPSA) is 0 Å². The molecule has 0 aliphatic carbocycles. The standard InChI is InChI=1S/C11H15Cl2Si/c1-8-4-5-9(2)11(6-8)10(3)7-14(12)13/h4-6,10H,7H2,1-3H3. The maximum Gasteiger partial charge on any atom is 0.274 e. The average molecular weight is 246 g/mol. The van der Waals surface area contributed by atoms with Gasteiger partial charge < -0.3 is 0 Å². The molecule has 1 aromatic carbocycles. The van der Waals surface area contributed by atoms with E-state index in [0.29, 0.717) is 5.92 Å². The first-order chi connectivity index (χ1) is 6.50. The third kappa shape index (κ3) is 3.30. The van der Waals surface area contributed by atoms with Gasteiger partial charge in [0.25, 0.3) is 7.42 Å². The normalized spacial score (nSPS) is 13.3. The van der Waals surface area contributed by atoms with Crippen LogP contribution in [0.1, 0.15) is 29.5 Å². The van der Waals surface area contributed by atoms with Crippen molar-refractivity contribution in [1.82, 2.24) is 0 Å². The third-order valence-electron chi connectivity index (χ3n) is 2.43. The largest absolute Gasteiger partial charge is 0.274 e. The smallest absolute Gasteiger partial charge is 0.147 e. The van der Waals surface area contributed by atoms with E-state index in [-0.39, 0.29) is 0 Å². The fourth-order valence-electron chi connectivity index (χ4n) is 1.63. The van der Waals surface area contributed by atoms with Crippen LogP contribution in [0.5, 0.6) is 0 Å².